The van der Waals surface area contributed by atoms with E-state index in [0.717, 1.165) is 0 Å². The Hall–Kier alpha value is -1.28. The molecule has 15 heavy (non-hydrogen) atoms. The first kappa shape index (κ1) is 11.8. The molecule has 4 nitrogen and oxygen atoms in total. The largest absolute Gasteiger partial charge is 0.418 e. The number of hydrogen-bond acceptors (Lipinski definition) is 3. The van der Waals surface area contributed by atoms with Gasteiger partial charge in [-0.15, -0.1) is 0 Å². The molecule has 1 aromatic carbocycles. The van der Waals surface area contributed by atoms with Gasteiger partial charge in [0.25, 0.3) is 10.1 Å². The minimum absolute atomic E-state index is 0.498. The van der Waals surface area contributed by atoms with Gasteiger partial charge in [-0.1, -0.05) is 0 Å². The predicted molar refractivity (Wildman–Crippen MR) is 45.7 cm³/mol. The van der Waals surface area contributed by atoms with Gasteiger partial charge in [-0.2, -0.15) is 21.6 Å². The summed E-state index contributed by atoms with van der Waals surface area (Å²) in [6.45, 7) is 0. The summed E-state index contributed by atoms with van der Waals surface area (Å²) in [6.07, 6.45) is -4.65. The van der Waals surface area contributed by atoms with E-state index in [9.17, 15) is 21.6 Å². The van der Waals surface area contributed by atoms with E-state index in [2.05, 4.69) is 0 Å². The Labute approximate surface area is 83.3 Å². The molecule has 1 aromatic rings. The van der Waals surface area contributed by atoms with Crippen molar-refractivity contribution in [2.45, 2.75) is 11.1 Å². The fraction of sp³-hybridized carbons (Fsp3) is 0.143. The molecule has 0 atom stereocenters. The molecule has 8 heteroatoms. The minimum Gasteiger partial charge on any atom is -0.398 e. The van der Waals surface area contributed by atoms with Gasteiger partial charge in [-0.05, 0) is 18.2 Å². The van der Waals surface area contributed by atoms with Gasteiger partial charge in [0, 0.05) is 5.69 Å². The molecule has 0 saturated heterocycles. The van der Waals surface area contributed by atoms with Crippen LogP contribution in [0, 0.1) is 0 Å². The monoisotopic (exact) mass is 241 g/mol. The number of nitrogen functional groups attached to an aromatic ring is 1. The van der Waals surface area contributed by atoms with Crippen LogP contribution < -0.4 is 5.73 Å². The SMILES string of the molecule is Nc1cc(S(=O)(=O)O)ccc1C(F)(F)F. The van der Waals surface area contributed by atoms with Gasteiger partial charge >= 0.3 is 6.18 Å². The summed E-state index contributed by atoms with van der Waals surface area (Å²) in [7, 11) is -4.53. The van der Waals surface area contributed by atoms with Crippen molar-refractivity contribution in [3.05, 3.63) is 23.8 Å². The molecule has 0 spiro atoms. The first-order chi connectivity index (χ1) is 6.62. The van der Waals surface area contributed by atoms with E-state index in [1.54, 1.807) is 0 Å². The van der Waals surface area contributed by atoms with Gasteiger partial charge in [0.05, 0.1) is 10.5 Å². The van der Waals surface area contributed by atoms with Crippen LogP contribution in [0.5, 0.6) is 0 Å². The minimum atomic E-state index is -4.65. The van der Waals surface area contributed by atoms with E-state index in [-0.39, 0.29) is 0 Å². The summed E-state index contributed by atoms with van der Waals surface area (Å²) >= 11 is 0. The van der Waals surface area contributed by atoms with Gasteiger partial charge in [0.2, 0.25) is 0 Å². The van der Waals surface area contributed by atoms with Crippen molar-refractivity contribution in [2.24, 2.45) is 0 Å². The van der Waals surface area contributed by atoms with Crippen LogP contribution in [0.1, 0.15) is 5.56 Å². The van der Waals surface area contributed by atoms with Gasteiger partial charge in [-0.3, -0.25) is 4.55 Å². The lowest BCUT2D eigenvalue weighted by Gasteiger charge is -2.10. The lowest BCUT2D eigenvalue weighted by atomic mass is 10.2. The molecular formula is C7H6F3NO3S. The maximum Gasteiger partial charge on any atom is 0.418 e. The number of alkyl halides is 3. The molecule has 0 aliphatic rings. The zero-order valence-electron chi connectivity index (χ0n) is 7.12. The van der Waals surface area contributed by atoms with Crippen molar-refractivity contribution in [1.29, 1.82) is 0 Å². The van der Waals surface area contributed by atoms with Crippen molar-refractivity contribution < 1.29 is 26.1 Å². The van der Waals surface area contributed by atoms with Crippen LogP contribution >= 0.6 is 0 Å². The predicted octanol–water partition coefficient (Wildman–Crippen LogP) is 1.53. The Morgan fingerprint density at radius 2 is 1.80 bits per heavy atom. The number of anilines is 1. The van der Waals surface area contributed by atoms with Crippen molar-refractivity contribution >= 4 is 15.8 Å². The third-order valence-electron chi connectivity index (χ3n) is 1.63. The average molecular weight is 241 g/mol. The Bertz CT molecular complexity index is 481. The number of hydrogen-bond donors (Lipinski definition) is 2. The van der Waals surface area contributed by atoms with Gasteiger partial charge in [-0.25, -0.2) is 0 Å². The summed E-state index contributed by atoms with van der Waals surface area (Å²) in [5, 5.41) is 0. The summed E-state index contributed by atoms with van der Waals surface area (Å²) < 4.78 is 66.2. The van der Waals surface area contributed by atoms with Crippen LogP contribution in [-0.4, -0.2) is 13.0 Å². The van der Waals surface area contributed by atoms with Crippen LogP contribution in [0.15, 0.2) is 23.1 Å². The molecular weight excluding hydrogens is 235 g/mol. The van der Waals surface area contributed by atoms with E-state index in [1.807, 2.05) is 0 Å². The molecule has 0 saturated carbocycles. The second-order valence-corrected chi connectivity index (χ2v) is 4.14. The van der Waals surface area contributed by atoms with E-state index >= 15 is 0 Å². The van der Waals surface area contributed by atoms with Crippen molar-refractivity contribution in [2.75, 3.05) is 5.73 Å². The number of benzene rings is 1. The topological polar surface area (TPSA) is 80.4 Å². The maximum absolute atomic E-state index is 12.2. The zero-order valence-corrected chi connectivity index (χ0v) is 7.93. The smallest absolute Gasteiger partial charge is 0.398 e. The standard InChI is InChI=1S/C7H6F3NO3S/c8-7(9,10)5-2-1-4(3-6(5)11)15(12,13)14/h1-3H,11H2,(H,12,13,14). The molecule has 3 N–H and O–H groups in total. The van der Waals surface area contributed by atoms with E-state index in [1.165, 1.54) is 0 Å². The van der Waals surface area contributed by atoms with Crippen LogP contribution in [0.2, 0.25) is 0 Å². The van der Waals surface area contributed by atoms with E-state index < -0.39 is 32.4 Å². The number of rotatable bonds is 1. The van der Waals surface area contributed by atoms with E-state index in [0.29, 0.717) is 18.2 Å². The highest BCUT2D eigenvalue weighted by Crippen LogP contribution is 2.34. The Balaban J connectivity index is 3.34. The lowest BCUT2D eigenvalue weighted by Crippen LogP contribution is -2.10. The maximum atomic E-state index is 12.2. The van der Waals surface area contributed by atoms with Crippen molar-refractivity contribution in [1.82, 2.24) is 0 Å². The summed E-state index contributed by atoms with van der Waals surface area (Å²) in [5.41, 5.74) is 3.11. The Morgan fingerprint density at radius 3 is 2.13 bits per heavy atom. The third-order valence-corrected chi connectivity index (χ3v) is 2.48. The number of nitrogens with two attached hydrogens (primary N) is 1. The first-order valence-corrected chi connectivity index (χ1v) is 5.00. The van der Waals surface area contributed by atoms with Crippen LogP contribution in [0.3, 0.4) is 0 Å². The molecule has 84 valence electrons. The first-order valence-electron chi connectivity index (χ1n) is 3.56. The molecule has 0 heterocycles. The van der Waals surface area contributed by atoms with Crippen molar-refractivity contribution in [3.8, 4) is 0 Å². The highest BCUT2D eigenvalue weighted by molar-refractivity contribution is 7.85. The van der Waals surface area contributed by atoms with Crippen molar-refractivity contribution in [3.63, 3.8) is 0 Å². The van der Waals surface area contributed by atoms with Gasteiger partial charge < -0.3 is 5.73 Å². The summed E-state index contributed by atoms with van der Waals surface area (Å²) in [6, 6.07) is 1.69. The van der Waals surface area contributed by atoms with Gasteiger partial charge in [0.1, 0.15) is 0 Å². The molecule has 0 unspecified atom stereocenters. The normalized spacial score (nSPS) is 12.8. The molecule has 0 aromatic heterocycles. The van der Waals surface area contributed by atoms with Crippen LogP contribution in [-0.2, 0) is 16.3 Å². The average Bonchev–Trinajstić information content (AvgIpc) is 1.99. The molecule has 0 fully saturated rings. The second-order valence-electron chi connectivity index (χ2n) is 2.72. The van der Waals surface area contributed by atoms with Crippen LogP contribution in [0.4, 0.5) is 18.9 Å². The quantitative estimate of drug-likeness (QED) is 0.577. The Morgan fingerprint density at radius 1 is 1.27 bits per heavy atom. The van der Waals surface area contributed by atoms with Crippen LogP contribution in [0.25, 0.3) is 0 Å². The fourth-order valence-electron chi connectivity index (χ4n) is 0.959. The summed E-state index contributed by atoms with van der Waals surface area (Å²) in [5.74, 6) is 0. The highest BCUT2D eigenvalue weighted by Gasteiger charge is 2.33. The molecule has 1 rings (SSSR count). The molecule has 0 radical (unpaired) electrons. The second kappa shape index (κ2) is 3.38. The third kappa shape index (κ3) is 2.60. The zero-order chi connectivity index (χ0) is 11.9. The molecule has 0 aliphatic heterocycles. The Kier molecular flexibility index (Phi) is 2.66. The molecule has 0 aliphatic carbocycles. The summed E-state index contributed by atoms with van der Waals surface area (Å²) in [4.78, 5) is -0.673. The van der Waals surface area contributed by atoms with Gasteiger partial charge in [0.15, 0.2) is 0 Å². The van der Waals surface area contributed by atoms with E-state index in [4.69, 9.17) is 10.3 Å². The highest BCUT2D eigenvalue weighted by atomic mass is 32.2. The number of halogens is 3. The molecule has 0 bridgehead atoms. The lowest BCUT2D eigenvalue weighted by molar-refractivity contribution is -0.136. The molecule has 0 amide bonds. The fourth-order valence-corrected chi connectivity index (χ4v) is 1.48.